The summed E-state index contributed by atoms with van der Waals surface area (Å²) < 4.78 is 22.0. The Labute approximate surface area is 168 Å². The Morgan fingerprint density at radius 3 is 2.71 bits per heavy atom. The summed E-state index contributed by atoms with van der Waals surface area (Å²) in [4.78, 5) is 14.0. The number of hydrogen-bond acceptors (Lipinski definition) is 6. The zero-order chi connectivity index (χ0) is 20.1. The first kappa shape index (κ1) is 20.9. The van der Waals surface area contributed by atoms with Gasteiger partial charge in [0.05, 0.1) is 20.3 Å². The standard InChI is InChI=1S/C22H33NO5/c1-5-6-21(24)28-15-27-17-9-10-22(11-12-23(2)20(22)14-17)16-7-8-18(25-3)19(13-16)26-4/h7-8,13,17,20H,5-6,9-12,14-15H2,1-4H3/t17-,20-,22-/m0/s1. The molecule has 0 unspecified atom stereocenters. The molecule has 2 aliphatic rings. The number of likely N-dealkylation sites (tertiary alicyclic amines) is 1. The van der Waals surface area contributed by atoms with Crippen LogP contribution in [0.15, 0.2) is 18.2 Å². The molecular weight excluding hydrogens is 358 g/mol. The lowest BCUT2D eigenvalue weighted by molar-refractivity contribution is -0.163. The number of carbonyl (C=O) groups is 1. The highest BCUT2D eigenvalue weighted by Crippen LogP contribution is 2.50. The summed E-state index contributed by atoms with van der Waals surface area (Å²) >= 11 is 0. The first-order valence-corrected chi connectivity index (χ1v) is 10.2. The molecule has 1 heterocycles. The van der Waals surface area contributed by atoms with E-state index < -0.39 is 0 Å². The maximum absolute atomic E-state index is 11.5. The van der Waals surface area contributed by atoms with Crippen molar-refractivity contribution in [1.29, 1.82) is 0 Å². The molecule has 0 N–H and O–H groups in total. The van der Waals surface area contributed by atoms with E-state index in [0.717, 1.165) is 50.1 Å². The van der Waals surface area contributed by atoms with E-state index in [2.05, 4.69) is 24.1 Å². The molecule has 0 amide bonds. The van der Waals surface area contributed by atoms with E-state index in [1.54, 1.807) is 14.2 Å². The van der Waals surface area contributed by atoms with Crippen LogP contribution in [-0.2, 0) is 19.7 Å². The molecule has 3 rings (SSSR count). The average Bonchev–Trinajstić information content (AvgIpc) is 3.05. The highest BCUT2D eigenvalue weighted by molar-refractivity contribution is 5.69. The number of rotatable bonds is 8. The van der Waals surface area contributed by atoms with Gasteiger partial charge in [0.15, 0.2) is 18.3 Å². The molecule has 6 heteroatoms. The maximum Gasteiger partial charge on any atom is 0.307 e. The van der Waals surface area contributed by atoms with Gasteiger partial charge in [-0.05, 0) is 63.4 Å². The summed E-state index contributed by atoms with van der Waals surface area (Å²) in [5.41, 5.74) is 1.42. The molecule has 1 aliphatic carbocycles. The van der Waals surface area contributed by atoms with Crippen molar-refractivity contribution >= 4 is 5.97 Å². The van der Waals surface area contributed by atoms with Crippen molar-refractivity contribution in [3.63, 3.8) is 0 Å². The van der Waals surface area contributed by atoms with Crippen LogP contribution in [0, 0.1) is 0 Å². The number of hydrogen-bond donors (Lipinski definition) is 0. The lowest BCUT2D eigenvalue weighted by Gasteiger charge is -2.44. The van der Waals surface area contributed by atoms with Gasteiger partial charge in [-0.15, -0.1) is 0 Å². The minimum Gasteiger partial charge on any atom is -0.493 e. The largest absolute Gasteiger partial charge is 0.493 e. The molecule has 0 bridgehead atoms. The number of esters is 1. The third-order valence-electron chi connectivity index (χ3n) is 6.42. The van der Waals surface area contributed by atoms with E-state index in [-0.39, 0.29) is 24.3 Å². The Morgan fingerprint density at radius 1 is 1.21 bits per heavy atom. The van der Waals surface area contributed by atoms with Gasteiger partial charge in [-0.1, -0.05) is 13.0 Å². The van der Waals surface area contributed by atoms with Gasteiger partial charge < -0.3 is 23.8 Å². The molecule has 1 aromatic carbocycles. The Bertz CT molecular complexity index is 679. The molecule has 3 atom stereocenters. The Morgan fingerprint density at radius 2 is 2.00 bits per heavy atom. The van der Waals surface area contributed by atoms with Crippen LogP contribution >= 0.6 is 0 Å². The third kappa shape index (κ3) is 4.13. The summed E-state index contributed by atoms with van der Waals surface area (Å²) in [7, 11) is 5.54. The Kier molecular flexibility index (Phi) is 6.83. The van der Waals surface area contributed by atoms with Crippen LogP contribution in [0.3, 0.4) is 0 Å². The minimum absolute atomic E-state index is 0.0588. The van der Waals surface area contributed by atoms with E-state index in [9.17, 15) is 4.79 Å². The summed E-state index contributed by atoms with van der Waals surface area (Å²) in [6.45, 7) is 3.09. The topological polar surface area (TPSA) is 57.2 Å². The van der Waals surface area contributed by atoms with E-state index in [4.69, 9.17) is 18.9 Å². The molecule has 1 aliphatic heterocycles. The van der Waals surface area contributed by atoms with E-state index in [1.165, 1.54) is 5.56 Å². The first-order chi connectivity index (χ1) is 13.5. The lowest BCUT2D eigenvalue weighted by atomic mass is 9.65. The molecule has 0 aromatic heterocycles. The molecule has 2 fully saturated rings. The van der Waals surface area contributed by atoms with E-state index in [0.29, 0.717) is 12.5 Å². The molecule has 1 saturated carbocycles. The van der Waals surface area contributed by atoms with Crippen molar-refractivity contribution in [1.82, 2.24) is 4.90 Å². The smallest absolute Gasteiger partial charge is 0.307 e. The zero-order valence-corrected chi connectivity index (χ0v) is 17.5. The second kappa shape index (κ2) is 9.14. The fraction of sp³-hybridized carbons (Fsp3) is 0.682. The van der Waals surface area contributed by atoms with Crippen molar-refractivity contribution in [3.05, 3.63) is 23.8 Å². The monoisotopic (exact) mass is 391 g/mol. The van der Waals surface area contributed by atoms with Crippen molar-refractivity contribution in [3.8, 4) is 11.5 Å². The van der Waals surface area contributed by atoms with Crippen molar-refractivity contribution < 1.29 is 23.7 Å². The van der Waals surface area contributed by atoms with Gasteiger partial charge in [0.2, 0.25) is 0 Å². The van der Waals surface area contributed by atoms with Gasteiger partial charge >= 0.3 is 5.97 Å². The zero-order valence-electron chi connectivity index (χ0n) is 17.5. The predicted octanol–water partition coefficient (Wildman–Crippen LogP) is 3.52. The van der Waals surface area contributed by atoms with Crippen LogP contribution in [0.2, 0.25) is 0 Å². The number of benzene rings is 1. The maximum atomic E-state index is 11.5. The summed E-state index contributed by atoms with van der Waals surface area (Å²) in [6.07, 6.45) is 5.44. The highest BCUT2D eigenvalue weighted by Gasteiger charge is 2.50. The fourth-order valence-corrected chi connectivity index (χ4v) is 4.85. The predicted molar refractivity (Wildman–Crippen MR) is 107 cm³/mol. The quantitative estimate of drug-likeness (QED) is 0.499. The molecule has 0 spiro atoms. The fourth-order valence-electron chi connectivity index (χ4n) is 4.85. The van der Waals surface area contributed by atoms with Gasteiger partial charge in [0.25, 0.3) is 0 Å². The number of nitrogens with zero attached hydrogens (tertiary/aromatic N) is 1. The molecule has 0 radical (unpaired) electrons. The van der Waals surface area contributed by atoms with Crippen molar-refractivity contribution in [2.24, 2.45) is 0 Å². The van der Waals surface area contributed by atoms with Crippen LogP contribution in [0.5, 0.6) is 11.5 Å². The summed E-state index contributed by atoms with van der Waals surface area (Å²) in [5.74, 6) is 1.36. The third-order valence-corrected chi connectivity index (χ3v) is 6.42. The number of carbonyl (C=O) groups excluding carboxylic acids is 1. The molecule has 1 saturated heterocycles. The average molecular weight is 392 g/mol. The molecule has 28 heavy (non-hydrogen) atoms. The lowest BCUT2D eigenvalue weighted by Crippen LogP contribution is -2.48. The van der Waals surface area contributed by atoms with Crippen molar-refractivity contribution in [2.75, 3.05) is 34.6 Å². The first-order valence-electron chi connectivity index (χ1n) is 10.2. The number of ether oxygens (including phenoxy) is 4. The van der Waals surface area contributed by atoms with Crippen LogP contribution in [0.4, 0.5) is 0 Å². The van der Waals surface area contributed by atoms with E-state index >= 15 is 0 Å². The van der Waals surface area contributed by atoms with Crippen LogP contribution in [0.25, 0.3) is 0 Å². The summed E-state index contributed by atoms with van der Waals surface area (Å²) in [6, 6.07) is 6.73. The SMILES string of the molecule is CCCC(=O)OCO[C@H]1CC[C@@]2(c3ccc(OC)c(OC)c3)CCN(C)[C@H]2C1. The second-order valence-corrected chi connectivity index (χ2v) is 7.92. The normalized spacial score (nSPS) is 27.3. The van der Waals surface area contributed by atoms with E-state index in [1.807, 2.05) is 13.0 Å². The van der Waals surface area contributed by atoms with Gasteiger partial charge in [-0.2, -0.15) is 0 Å². The Hall–Kier alpha value is -1.79. The van der Waals surface area contributed by atoms with Gasteiger partial charge in [0, 0.05) is 17.9 Å². The van der Waals surface area contributed by atoms with Crippen LogP contribution in [0.1, 0.15) is 51.0 Å². The van der Waals surface area contributed by atoms with Crippen LogP contribution < -0.4 is 9.47 Å². The molecule has 6 nitrogen and oxygen atoms in total. The van der Waals surface area contributed by atoms with Crippen LogP contribution in [-0.4, -0.2) is 57.6 Å². The van der Waals surface area contributed by atoms with Gasteiger partial charge in [-0.25, -0.2) is 0 Å². The molecular formula is C22H33NO5. The number of likely N-dealkylation sites (N-methyl/N-ethyl adjacent to an activating group) is 1. The number of fused-ring (bicyclic) bond motifs is 1. The molecule has 156 valence electrons. The minimum atomic E-state index is -0.184. The number of methoxy groups -OCH3 is 2. The summed E-state index contributed by atoms with van der Waals surface area (Å²) in [5, 5.41) is 0. The van der Waals surface area contributed by atoms with Gasteiger partial charge in [-0.3, -0.25) is 4.79 Å². The molecule has 1 aromatic rings. The second-order valence-electron chi connectivity index (χ2n) is 7.92. The van der Waals surface area contributed by atoms with Crippen molar-refractivity contribution in [2.45, 2.75) is 63.0 Å². The van der Waals surface area contributed by atoms with Gasteiger partial charge in [0.1, 0.15) is 0 Å². The Balaban J connectivity index is 1.70. The highest BCUT2D eigenvalue weighted by atomic mass is 16.7.